The van der Waals surface area contributed by atoms with Crippen LogP contribution in [0.25, 0.3) is 0 Å². The average Bonchev–Trinajstić information content (AvgIpc) is 2.80. The van der Waals surface area contributed by atoms with Crippen LogP contribution in [-0.2, 0) is 16.6 Å². The Balaban J connectivity index is 1.71. The lowest BCUT2D eigenvalue weighted by Crippen LogP contribution is -2.38. The molecule has 3 N–H and O–H groups in total. The predicted octanol–water partition coefficient (Wildman–Crippen LogP) is 1.85. The van der Waals surface area contributed by atoms with E-state index < -0.39 is 27.1 Å². The van der Waals surface area contributed by atoms with Crippen LogP contribution in [0.2, 0.25) is 0 Å². The predicted molar refractivity (Wildman–Crippen MR) is 127 cm³/mol. The molecule has 3 rings (SSSR count). The zero-order valence-electron chi connectivity index (χ0n) is 18.7. The first kappa shape index (κ1) is 25.2. The van der Waals surface area contributed by atoms with Crippen LogP contribution in [0.15, 0.2) is 37.8 Å². The molecule has 1 aliphatic carbocycles. The summed E-state index contributed by atoms with van der Waals surface area (Å²) >= 11 is 1.06. The molecule has 0 saturated heterocycles. The maximum Gasteiger partial charge on any atom is 0.329 e. The molecule has 2 aromatic rings. The Morgan fingerprint density at radius 2 is 1.97 bits per heavy atom. The average molecular weight is 496 g/mol. The van der Waals surface area contributed by atoms with Crippen molar-refractivity contribution >= 4 is 33.4 Å². The number of hydrogen-bond acceptors (Lipinski definition) is 8. The number of hydrogen-bond donors (Lipinski definition) is 2. The molecule has 10 nitrogen and oxygen atoms in total. The second kappa shape index (κ2) is 10.7. The second-order valence-electron chi connectivity index (χ2n) is 8.03. The zero-order chi connectivity index (χ0) is 24.2. The SMILES string of the molecule is CCCn1c(N)c(C(=O)CSc2ccc(S(=O)(=O)N(C)C3CCCCC3)cn2)c(=O)[nH]c1=O. The van der Waals surface area contributed by atoms with Crippen LogP contribution in [-0.4, -0.2) is 51.9 Å². The third-order valence-electron chi connectivity index (χ3n) is 5.79. The van der Waals surface area contributed by atoms with Gasteiger partial charge >= 0.3 is 5.69 Å². The van der Waals surface area contributed by atoms with Crippen LogP contribution in [0.1, 0.15) is 55.8 Å². The van der Waals surface area contributed by atoms with Gasteiger partial charge in [0.15, 0.2) is 5.78 Å². The Morgan fingerprint density at radius 1 is 1.27 bits per heavy atom. The molecule has 0 aromatic carbocycles. The minimum Gasteiger partial charge on any atom is -0.384 e. The van der Waals surface area contributed by atoms with Crippen molar-refractivity contribution in [3.05, 3.63) is 44.7 Å². The fourth-order valence-electron chi connectivity index (χ4n) is 3.93. The number of nitrogens with zero attached hydrogens (tertiary/aromatic N) is 3. The third kappa shape index (κ3) is 5.56. The van der Waals surface area contributed by atoms with E-state index in [1.807, 2.05) is 6.92 Å². The smallest absolute Gasteiger partial charge is 0.329 e. The molecule has 0 radical (unpaired) electrons. The molecule has 1 aliphatic rings. The summed E-state index contributed by atoms with van der Waals surface area (Å²) in [5, 5.41) is 0.430. The molecule has 1 fully saturated rings. The van der Waals surface area contributed by atoms with Gasteiger partial charge < -0.3 is 5.73 Å². The number of nitrogens with two attached hydrogens (primary N) is 1. The molecule has 0 atom stereocenters. The molecule has 33 heavy (non-hydrogen) atoms. The maximum absolute atomic E-state index is 12.9. The van der Waals surface area contributed by atoms with E-state index in [0.717, 1.165) is 43.9 Å². The highest BCUT2D eigenvalue weighted by atomic mass is 32.2. The van der Waals surface area contributed by atoms with Crippen LogP contribution >= 0.6 is 11.8 Å². The highest BCUT2D eigenvalue weighted by Gasteiger charge is 2.29. The van der Waals surface area contributed by atoms with Gasteiger partial charge in [-0.15, -0.1) is 0 Å². The van der Waals surface area contributed by atoms with Crippen LogP contribution in [0, 0.1) is 0 Å². The molecular weight excluding hydrogens is 466 g/mol. The minimum absolute atomic E-state index is 0.00467. The van der Waals surface area contributed by atoms with Gasteiger partial charge in [0.25, 0.3) is 5.56 Å². The summed E-state index contributed by atoms with van der Waals surface area (Å²) in [5.41, 5.74) is 4.19. The Morgan fingerprint density at radius 3 is 2.58 bits per heavy atom. The molecule has 0 bridgehead atoms. The number of carbonyl (C=O) groups excluding carboxylic acids is 1. The fourth-order valence-corrected chi connectivity index (χ4v) is 6.00. The number of aromatic amines is 1. The standard InChI is InChI=1S/C21H29N5O5S2/c1-3-11-26-19(22)18(20(28)24-21(26)29)16(27)13-32-17-10-9-15(12-23-17)33(30,31)25(2)14-7-5-4-6-8-14/h9-10,12,14H,3-8,11,13,22H2,1-2H3,(H,24,28,29). The second-order valence-corrected chi connectivity index (χ2v) is 11.0. The zero-order valence-corrected chi connectivity index (χ0v) is 20.4. The van der Waals surface area contributed by atoms with Crippen LogP contribution < -0.4 is 17.0 Å². The number of nitrogen functional groups attached to an aromatic ring is 1. The summed E-state index contributed by atoms with van der Waals surface area (Å²) in [6.45, 7) is 2.12. The van der Waals surface area contributed by atoms with Crippen LogP contribution in [0.3, 0.4) is 0 Å². The van der Waals surface area contributed by atoms with Gasteiger partial charge in [-0.2, -0.15) is 4.31 Å². The van der Waals surface area contributed by atoms with Crippen molar-refractivity contribution in [2.24, 2.45) is 0 Å². The van der Waals surface area contributed by atoms with Gasteiger partial charge in [-0.05, 0) is 31.4 Å². The first-order valence-corrected chi connectivity index (χ1v) is 13.3. The van der Waals surface area contributed by atoms with E-state index in [4.69, 9.17) is 5.73 Å². The van der Waals surface area contributed by atoms with Crippen molar-refractivity contribution in [2.75, 3.05) is 18.5 Å². The lowest BCUT2D eigenvalue weighted by Gasteiger charge is -2.30. The molecule has 180 valence electrons. The molecule has 0 amide bonds. The summed E-state index contributed by atoms with van der Waals surface area (Å²) in [6.07, 6.45) is 6.77. The quantitative estimate of drug-likeness (QED) is 0.395. The number of H-pyrrole nitrogens is 1. The summed E-state index contributed by atoms with van der Waals surface area (Å²) in [6, 6.07) is 3.00. The minimum atomic E-state index is -3.65. The highest BCUT2D eigenvalue weighted by molar-refractivity contribution is 7.99. The van der Waals surface area contributed by atoms with Crippen molar-refractivity contribution in [3.8, 4) is 0 Å². The Bertz CT molecular complexity index is 1220. The van der Waals surface area contributed by atoms with E-state index in [9.17, 15) is 22.8 Å². The molecular formula is C21H29N5O5S2. The van der Waals surface area contributed by atoms with E-state index >= 15 is 0 Å². The number of pyridine rings is 1. The first-order valence-electron chi connectivity index (χ1n) is 10.9. The summed E-state index contributed by atoms with van der Waals surface area (Å²) in [5.74, 6) is -0.839. The van der Waals surface area contributed by atoms with E-state index in [0.29, 0.717) is 11.4 Å². The maximum atomic E-state index is 12.9. The van der Waals surface area contributed by atoms with Crippen molar-refractivity contribution in [3.63, 3.8) is 0 Å². The topological polar surface area (TPSA) is 148 Å². The monoisotopic (exact) mass is 495 g/mol. The van der Waals surface area contributed by atoms with Crippen LogP contribution in [0.5, 0.6) is 0 Å². The molecule has 12 heteroatoms. The molecule has 0 aliphatic heterocycles. The van der Waals surface area contributed by atoms with Crippen molar-refractivity contribution in [1.29, 1.82) is 0 Å². The van der Waals surface area contributed by atoms with Crippen molar-refractivity contribution in [2.45, 2.75) is 68.0 Å². The molecule has 2 heterocycles. The summed E-state index contributed by atoms with van der Waals surface area (Å²) in [7, 11) is -2.05. The number of ketones is 1. The van der Waals surface area contributed by atoms with E-state index in [1.54, 1.807) is 7.05 Å². The van der Waals surface area contributed by atoms with Gasteiger partial charge in [-0.25, -0.2) is 18.2 Å². The number of anilines is 1. The van der Waals surface area contributed by atoms with Gasteiger partial charge in [-0.3, -0.25) is 19.1 Å². The largest absolute Gasteiger partial charge is 0.384 e. The number of nitrogens with one attached hydrogen (secondary N) is 1. The number of carbonyl (C=O) groups is 1. The summed E-state index contributed by atoms with van der Waals surface area (Å²) in [4.78, 5) is 43.1. The van der Waals surface area contributed by atoms with Crippen molar-refractivity contribution in [1.82, 2.24) is 18.8 Å². The van der Waals surface area contributed by atoms with Gasteiger partial charge in [0, 0.05) is 25.8 Å². The third-order valence-corrected chi connectivity index (χ3v) is 8.63. The first-order chi connectivity index (χ1) is 15.7. The molecule has 0 unspecified atom stereocenters. The lowest BCUT2D eigenvalue weighted by atomic mass is 9.96. The molecule has 0 spiro atoms. The number of thioether (sulfide) groups is 1. The van der Waals surface area contributed by atoms with Gasteiger partial charge in [-0.1, -0.05) is 37.9 Å². The Kier molecular flexibility index (Phi) is 8.14. The van der Waals surface area contributed by atoms with E-state index in [2.05, 4.69) is 9.97 Å². The van der Waals surface area contributed by atoms with Gasteiger partial charge in [0.1, 0.15) is 16.3 Å². The lowest BCUT2D eigenvalue weighted by molar-refractivity contribution is 0.102. The highest BCUT2D eigenvalue weighted by Crippen LogP contribution is 2.27. The number of Topliss-reactive ketones (excluding diaryl/α,β-unsaturated/α-hetero) is 1. The normalized spacial score (nSPS) is 15.1. The van der Waals surface area contributed by atoms with Gasteiger partial charge in [0.05, 0.1) is 10.8 Å². The number of sulfonamides is 1. The molecule has 2 aromatic heterocycles. The summed E-state index contributed by atoms with van der Waals surface area (Å²) < 4.78 is 28.5. The van der Waals surface area contributed by atoms with E-state index in [-0.39, 0.29) is 34.6 Å². The van der Waals surface area contributed by atoms with Gasteiger partial charge in [0.2, 0.25) is 10.0 Å². The fraction of sp³-hybridized carbons (Fsp3) is 0.524. The number of aromatic nitrogens is 3. The Labute approximate surface area is 196 Å². The number of rotatable bonds is 9. The van der Waals surface area contributed by atoms with Crippen molar-refractivity contribution < 1.29 is 13.2 Å². The Hall–Kier alpha value is -2.44. The van der Waals surface area contributed by atoms with Crippen LogP contribution in [0.4, 0.5) is 5.82 Å². The van der Waals surface area contributed by atoms with E-state index in [1.165, 1.54) is 27.2 Å². The molecule has 1 saturated carbocycles.